The van der Waals surface area contributed by atoms with Gasteiger partial charge >= 0.3 is 0 Å². The van der Waals surface area contributed by atoms with Crippen molar-refractivity contribution in [2.45, 2.75) is 51.3 Å². The Balaban J connectivity index is 1.47. The molecule has 39 heavy (non-hydrogen) atoms. The summed E-state index contributed by atoms with van der Waals surface area (Å²) < 4.78 is 33.9. The number of nitrogens with zero attached hydrogens (tertiary/aromatic N) is 3. The number of carbonyl (C=O) groups is 1. The second kappa shape index (κ2) is 12.4. The zero-order valence-electron chi connectivity index (χ0n) is 22.7. The van der Waals surface area contributed by atoms with Crippen LogP contribution in [0, 0.1) is 13.8 Å². The van der Waals surface area contributed by atoms with Gasteiger partial charge in [0.25, 0.3) is 0 Å². The van der Waals surface area contributed by atoms with Crippen LogP contribution in [0.2, 0.25) is 0 Å². The average molecular weight is 547 g/mol. The average Bonchev–Trinajstić information content (AvgIpc) is 3.38. The largest absolute Gasteiger partial charge is 0.339 e. The lowest BCUT2D eigenvalue weighted by Crippen LogP contribution is -2.39. The summed E-state index contributed by atoms with van der Waals surface area (Å²) in [6, 6.07) is 22.3. The minimum atomic E-state index is -3.91. The molecule has 1 aromatic heterocycles. The molecule has 1 N–H and O–H groups in total. The molecule has 3 aromatic carbocycles. The van der Waals surface area contributed by atoms with Crippen molar-refractivity contribution < 1.29 is 17.7 Å². The third kappa shape index (κ3) is 7.40. The lowest BCUT2D eigenvalue weighted by atomic mass is 10.1. The quantitative estimate of drug-likeness (QED) is 0.275. The van der Waals surface area contributed by atoms with Crippen LogP contribution >= 0.6 is 0 Å². The smallest absolute Gasteiger partial charge is 0.243 e. The predicted molar refractivity (Wildman–Crippen MR) is 151 cm³/mol. The number of rotatable bonds is 11. The molecule has 0 aliphatic rings. The van der Waals surface area contributed by atoms with Crippen LogP contribution in [0.4, 0.5) is 5.69 Å². The number of anilines is 1. The van der Waals surface area contributed by atoms with Crippen LogP contribution in [0.1, 0.15) is 53.7 Å². The van der Waals surface area contributed by atoms with E-state index in [1.165, 1.54) is 4.31 Å². The van der Waals surface area contributed by atoms with E-state index >= 15 is 0 Å². The molecule has 0 aliphatic heterocycles. The lowest BCUT2D eigenvalue weighted by Gasteiger charge is -2.23. The minimum absolute atomic E-state index is 0.162. The van der Waals surface area contributed by atoms with E-state index in [4.69, 9.17) is 4.52 Å². The Hall–Kier alpha value is -3.82. The third-order valence-corrected chi connectivity index (χ3v) is 8.34. The van der Waals surface area contributed by atoms with Crippen LogP contribution in [0.5, 0.6) is 0 Å². The van der Waals surface area contributed by atoms with Crippen LogP contribution in [0.15, 0.2) is 82.2 Å². The molecule has 0 saturated heterocycles. The zero-order valence-corrected chi connectivity index (χ0v) is 23.5. The molecule has 4 rings (SSSR count). The molecule has 0 aliphatic carbocycles. The Bertz CT molecular complexity index is 1510. The number of hydrogen-bond acceptors (Lipinski definition) is 6. The molecule has 4 aromatic rings. The molecule has 0 bridgehead atoms. The molecule has 0 unspecified atom stereocenters. The fourth-order valence-corrected chi connectivity index (χ4v) is 5.84. The van der Waals surface area contributed by atoms with Crippen molar-refractivity contribution in [1.29, 1.82) is 0 Å². The maximum Gasteiger partial charge on any atom is 0.243 e. The highest BCUT2D eigenvalue weighted by molar-refractivity contribution is 7.89. The van der Waals surface area contributed by atoms with E-state index in [0.717, 1.165) is 16.7 Å². The molecule has 9 heteroatoms. The van der Waals surface area contributed by atoms with Gasteiger partial charge in [-0.25, -0.2) is 8.42 Å². The van der Waals surface area contributed by atoms with Gasteiger partial charge in [0.05, 0.1) is 11.4 Å². The maximum absolute atomic E-state index is 13.7. The van der Waals surface area contributed by atoms with E-state index in [1.807, 2.05) is 69.3 Å². The highest BCUT2D eigenvalue weighted by Gasteiger charge is 2.28. The second-order valence-corrected chi connectivity index (χ2v) is 11.9. The van der Waals surface area contributed by atoms with Crippen molar-refractivity contribution in [2.24, 2.45) is 0 Å². The number of sulfonamides is 1. The number of hydrogen-bond donors (Lipinski definition) is 1. The highest BCUT2D eigenvalue weighted by Crippen LogP contribution is 2.22. The number of aromatic nitrogens is 2. The van der Waals surface area contributed by atoms with Crippen molar-refractivity contribution in [3.63, 3.8) is 0 Å². The van der Waals surface area contributed by atoms with Crippen molar-refractivity contribution >= 4 is 21.6 Å². The van der Waals surface area contributed by atoms with Crippen LogP contribution in [0.3, 0.4) is 0 Å². The van der Waals surface area contributed by atoms with Gasteiger partial charge in [0.15, 0.2) is 5.82 Å². The highest BCUT2D eigenvalue weighted by atomic mass is 32.2. The number of benzene rings is 3. The number of aryl methyl sites for hydroxylation is 2. The van der Waals surface area contributed by atoms with E-state index < -0.39 is 15.9 Å². The van der Waals surface area contributed by atoms with Gasteiger partial charge in [-0.15, -0.1) is 0 Å². The van der Waals surface area contributed by atoms with Gasteiger partial charge in [-0.2, -0.15) is 9.29 Å². The molecule has 8 nitrogen and oxygen atoms in total. The van der Waals surface area contributed by atoms with Gasteiger partial charge in [-0.1, -0.05) is 73.6 Å². The van der Waals surface area contributed by atoms with Gasteiger partial charge < -0.3 is 9.84 Å². The molecule has 0 saturated carbocycles. The first-order chi connectivity index (χ1) is 18.6. The number of carbonyl (C=O) groups excluding carboxylic acids is 1. The van der Waals surface area contributed by atoms with Gasteiger partial charge in [0, 0.05) is 24.6 Å². The molecule has 0 atom stereocenters. The van der Waals surface area contributed by atoms with E-state index in [1.54, 1.807) is 31.2 Å². The first-order valence-corrected chi connectivity index (χ1v) is 14.4. The maximum atomic E-state index is 13.7. The van der Waals surface area contributed by atoms with Crippen molar-refractivity contribution in [2.75, 3.05) is 18.4 Å². The molecule has 0 fully saturated rings. The normalized spacial score (nSPS) is 11.7. The molecule has 204 valence electrons. The minimum Gasteiger partial charge on any atom is -0.339 e. The Morgan fingerprint density at radius 2 is 1.69 bits per heavy atom. The summed E-state index contributed by atoms with van der Waals surface area (Å²) in [4.78, 5) is 17.7. The van der Waals surface area contributed by atoms with E-state index in [2.05, 4.69) is 15.5 Å². The van der Waals surface area contributed by atoms with E-state index in [-0.39, 0.29) is 23.9 Å². The van der Waals surface area contributed by atoms with Gasteiger partial charge in [-0.05, 0) is 60.7 Å². The summed E-state index contributed by atoms with van der Waals surface area (Å²) in [6.45, 7) is 7.47. The SMILES string of the molecule is Cc1ccc(C)c(S(=O)(=O)N(CCc2ccccc2)CC(=O)Nc2ccc(Cc3noc(C(C)C)n3)cc2)c1. The molecule has 0 radical (unpaired) electrons. The van der Waals surface area contributed by atoms with Crippen molar-refractivity contribution in [3.05, 3.63) is 107 Å². The number of amides is 1. The van der Waals surface area contributed by atoms with Gasteiger partial charge in [-0.3, -0.25) is 4.79 Å². The Labute approximate surface area is 230 Å². The summed E-state index contributed by atoms with van der Waals surface area (Å²) in [5.41, 5.74) is 4.02. The zero-order chi connectivity index (χ0) is 28.0. The summed E-state index contributed by atoms with van der Waals surface area (Å²) in [5.74, 6) is 0.946. The Kier molecular flexibility index (Phi) is 8.93. The fraction of sp³-hybridized carbons (Fsp3) is 0.300. The monoisotopic (exact) mass is 546 g/mol. The van der Waals surface area contributed by atoms with Gasteiger partial charge in [0.2, 0.25) is 21.8 Å². The Morgan fingerprint density at radius 1 is 0.974 bits per heavy atom. The first-order valence-electron chi connectivity index (χ1n) is 12.9. The first kappa shape index (κ1) is 28.2. The Morgan fingerprint density at radius 3 is 2.36 bits per heavy atom. The topological polar surface area (TPSA) is 105 Å². The summed E-state index contributed by atoms with van der Waals surface area (Å²) in [7, 11) is -3.91. The summed E-state index contributed by atoms with van der Waals surface area (Å²) in [5, 5.41) is 6.85. The fourth-order valence-electron chi connectivity index (χ4n) is 4.13. The summed E-state index contributed by atoms with van der Waals surface area (Å²) >= 11 is 0. The summed E-state index contributed by atoms with van der Waals surface area (Å²) in [6.07, 6.45) is 0.993. The number of nitrogens with one attached hydrogen (secondary N) is 1. The van der Waals surface area contributed by atoms with Crippen LogP contribution in [-0.2, 0) is 27.7 Å². The molecule has 0 spiro atoms. The van der Waals surface area contributed by atoms with Crippen LogP contribution in [-0.4, -0.2) is 41.9 Å². The van der Waals surface area contributed by atoms with E-state index in [9.17, 15) is 13.2 Å². The molecular formula is C30H34N4O4S. The van der Waals surface area contributed by atoms with Crippen LogP contribution in [0.25, 0.3) is 0 Å². The van der Waals surface area contributed by atoms with Crippen molar-refractivity contribution in [1.82, 2.24) is 14.4 Å². The standard InChI is InChI=1S/C30H34N4O4S/c1-21(2)30-32-28(33-38-30)19-25-12-14-26(15-13-25)31-29(35)20-34(17-16-24-8-6-5-7-9-24)39(36,37)27-18-22(3)10-11-23(27)4/h5-15,18,21H,16-17,19-20H2,1-4H3,(H,31,35). The molecule has 1 heterocycles. The predicted octanol–water partition coefficient (Wildman–Crippen LogP) is 5.27. The molecular weight excluding hydrogens is 512 g/mol. The lowest BCUT2D eigenvalue weighted by molar-refractivity contribution is -0.116. The van der Waals surface area contributed by atoms with E-state index in [0.29, 0.717) is 35.8 Å². The van der Waals surface area contributed by atoms with Crippen molar-refractivity contribution in [3.8, 4) is 0 Å². The second-order valence-electron chi connectivity index (χ2n) is 9.97. The molecule has 1 amide bonds. The third-order valence-electron chi connectivity index (χ3n) is 6.35. The van der Waals surface area contributed by atoms with Gasteiger partial charge in [0.1, 0.15) is 0 Å². The van der Waals surface area contributed by atoms with Crippen LogP contribution < -0.4 is 5.32 Å².